The summed E-state index contributed by atoms with van der Waals surface area (Å²) in [5.41, 5.74) is -1.07. The van der Waals surface area contributed by atoms with Crippen LogP contribution >= 0.6 is 0 Å². The summed E-state index contributed by atoms with van der Waals surface area (Å²) in [7, 11) is 2.02. The summed E-state index contributed by atoms with van der Waals surface area (Å²) in [6.07, 6.45) is 10.9. The molecule has 0 radical (unpaired) electrons. The summed E-state index contributed by atoms with van der Waals surface area (Å²) < 4.78 is 0. The van der Waals surface area contributed by atoms with Gasteiger partial charge in [-0.3, -0.25) is 33.7 Å². The molecule has 6 aliphatic rings. The molecule has 0 aromatic rings. The molecule has 1 unspecified atom stereocenters. The molecule has 4 saturated carbocycles. The van der Waals surface area contributed by atoms with Crippen LogP contribution in [0.25, 0.3) is 0 Å². The van der Waals surface area contributed by atoms with Gasteiger partial charge in [-0.25, -0.2) is 0 Å². The van der Waals surface area contributed by atoms with Crippen LogP contribution in [0.15, 0.2) is 0 Å². The number of hydrogen-bond acceptors (Lipinski definition) is 8. The van der Waals surface area contributed by atoms with Gasteiger partial charge in [0.15, 0.2) is 0 Å². The summed E-state index contributed by atoms with van der Waals surface area (Å²) in [6.45, 7) is 19.9. The summed E-state index contributed by atoms with van der Waals surface area (Å²) in [4.78, 5) is 91.0. The first-order chi connectivity index (χ1) is 27.3. The van der Waals surface area contributed by atoms with Gasteiger partial charge in [0.1, 0.15) is 24.2 Å². The Morgan fingerprint density at radius 2 is 1.47 bits per heavy atom. The molecular formula is C45H75N7O6. The van der Waals surface area contributed by atoms with E-state index in [-0.39, 0.29) is 52.0 Å². The van der Waals surface area contributed by atoms with Crippen molar-refractivity contribution in [1.82, 2.24) is 36.0 Å². The number of piperazine rings is 1. The smallest absolute Gasteiger partial charge is 0.289 e. The maximum absolute atomic E-state index is 15.2. The Labute approximate surface area is 347 Å². The highest BCUT2D eigenvalue weighted by Crippen LogP contribution is 2.88. The van der Waals surface area contributed by atoms with E-state index in [2.05, 4.69) is 58.8 Å². The number of Topliss-reactive ketones (excluding diaryl/α,β-unsaturated/α-hetero) is 1. The number of carbonyl (C=O) groups excluding carboxylic acids is 6. The zero-order chi connectivity index (χ0) is 42.4. The Balaban J connectivity index is 1.26. The van der Waals surface area contributed by atoms with Gasteiger partial charge in [-0.1, -0.05) is 87.5 Å². The highest BCUT2D eigenvalue weighted by molar-refractivity contribution is 6.38. The van der Waals surface area contributed by atoms with Crippen LogP contribution in [0.4, 0.5) is 0 Å². The number of carbonyl (C=O) groups is 6. The molecule has 2 aliphatic heterocycles. The van der Waals surface area contributed by atoms with Crippen molar-refractivity contribution in [2.45, 2.75) is 175 Å². The highest BCUT2D eigenvalue weighted by atomic mass is 16.2. The van der Waals surface area contributed by atoms with E-state index in [1.54, 1.807) is 4.90 Å². The average molecular weight is 810 g/mol. The van der Waals surface area contributed by atoms with Gasteiger partial charge in [0.25, 0.3) is 5.91 Å². The molecule has 13 nitrogen and oxygen atoms in total. The van der Waals surface area contributed by atoms with Crippen LogP contribution in [0.2, 0.25) is 0 Å². The highest BCUT2D eigenvalue weighted by Gasteiger charge is 2.85. The normalized spacial score (nSPS) is 28.7. The Hall–Kier alpha value is -3.06. The number of likely N-dealkylation sites (tertiary alicyclic amines) is 1. The molecule has 13 heteroatoms. The fraction of sp³-hybridized carbons (Fsp3) is 0.867. The number of nitrogens with zero attached hydrogens (tertiary/aromatic N) is 3. The number of nitrogens with one attached hydrogen (secondary N) is 4. The fourth-order valence-electron chi connectivity index (χ4n) is 11.6. The number of fused-ring (bicyclic) bond motifs is 1. The van der Waals surface area contributed by atoms with Crippen LogP contribution in [0.1, 0.15) is 139 Å². The summed E-state index contributed by atoms with van der Waals surface area (Å²) in [5.74, 6) is -2.27. The van der Waals surface area contributed by atoms with Gasteiger partial charge in [-0.15, -0.1) is 0 Å². The summed E-state index contributed by atoms with van der Waals surface area (Å²) in [5, 5.41) is 12.1. The average Bonchev–Trinajstić information content (AvgIpc) is 3.97. The van der Waals surface area contributed by atoms with Crippen molar-refractivity contribution in [3.8, 4) is 0 Å². The minimum atomic E-state index is -0.993. The quantitative estimate of drug-likeness (QED) is 0.182. The Morgan fingerprint density at radius 1 is 0.810 bits per heavy atom. The number of hydrogen-bond donors (Lipinski definition) is 4. The Morgan fingerprint density at radius 3 is 2.02 bits per heavy atom. The van der Waals surface area contributed by atoms with Crippen molar-refractivity contribution in [1.29, 1.82) is 0 Å². The van der Waals surface area contributed by atoms with Crippen molar-refractivity contribution in [2.24, 2.45) is 33.5 Å². The molecule has 0 aromatic heterocycles. The van der Waals surface area contributed by atoms with E-state index in [1.165, 1.54) is 0 Å². The predicted molar refractivity (Wildman–Crippen MR) is 223 cm³/mol. The monoisotopic (exact) mass is 810 g/mol. The topological polar surface area (TPSA) is 160 Å². The van der Waals surface area contributed by atoms with Gasteiger partial charge in [-0.05, 0) is 86.5 Å². The number of likely N-dealkylation sites (N-methyl/N-ethyl adjacent to an activating group) is 1. The number of ketones is 1. The maximum Gasteiger partial charge on any atom is 0.289 e. The molecule has 2 saturated heterocycles. The van der Waals surface area contributed by atoms with Crippen molar-refractivity contribution in [3.05, 3.63) is 0 Å². The first kappa shape index (κ1) is 44.5. The van der Waals surface area contributed by atoms with E-state index >= 15 is 4.79 Å². The number of rotatable bonds is 15. The zero-order valence-electron chi connectivity index (χ0n) is 37.1. The van der Waals surface area contributed by atoms with Crippen LogP contribution < -0.4 is 21.3 Å². The molecule has 2 heterocycles. The van der Waals surface area contributed by atoms with Gasteiger partial charge >= 0.3 is 0 Å². The molecular weight excluding hydrogens is 735 g/mol. The van der Waals surface area contributed by atoms with Gasteiger partial charge in [0.2, 0.25) is 29.4 Å². The van der Waals surface area contributed by atoms with Crippen molar-refractivity contribution >= 4 is 35.3 Å². The molecule has 58 heavy (non-hydrogen) atoms. The molecule has 4 aliphatic carbocycles. The largest absolute Gasteiger partial charge is 0.347 e. The third kappa shape index (κ3) is 8.59. The minimum absolute atomic E-state index is 0.0112. The standard InChI is InChI=1S/C45H75N7O6/c1-10-15-31(35(53)40(57)46-30-18-19-30)47-37(54)32-24-45(43(7,8)44(45)20-14-21-44)27-52(32)41(58)36(42(4,5)6)49-39(56)34(29-16-12-11-13-17-29)48-38(55)33-26-50(9)22-23-51(33)25-28(2)3/h28-34,36H,10-27H2,1-9H3,(H,46,57)(H,47,54)(H,48,55)(H,49,56)/t31-,32-,33-,34?,36+,45+/m0/s1. The molecule has 326 valence electrons. The second-order valence-corrected chi connectivity index (χ2v) is 21.1. The molecule has 2 spiro atoms. The van der Waals surface area contributed by atoms with E-state index < -0.39 is 47.2 Å². The van der Waals surface area contributed by atoms with E-state index in [4.69, 9.17) is 0 Å². The van der Waals surface area contributed by atoms with Crippen LogP contribution in [-0.2, 0) is 28.8 Å². The lowest BCUT2D eigenvalue weighted by Gasteiger charge is -2.41. The third-order valence-electron chi connectivity index (χ3n) is 15.4. The summed E-state index contributed by atoms with van der Waals surface area (Å²) >= 11 is 0. The molecule has 0 bridgehead atoms. The number of amides is 5. The van der Waals surface area contributed by atoms with Crippen LogP contribution in [-0.4, -0.2) is 126 Å². The van der Waals surface area contributed by atoms with Crippen molar-refractivity contribution < 1.29 is 28.8 Å². The van der Waals surface area contributed by atoms with E-state index in [0.717, 1.165) is 83.8 Å². The van der Waals surface area contributed by atoms with Gasteiger partial charge in [0, 0.05) is 44.2 Å². The molecule has 6 rings (SSSR count). The lowest BCUT2D eigenvalue weighted by molar-refractivity contribution is -0.146. The van der Waals surface area contributed by atoms with Crippen molar-refractivity contribution in [2.75, 3.05) is 39.8 Å². The predicted octanol–water partition coefficient (Wildman–Crippen LogP) is 3.78. The molecule has 4 N–H and O–H groups in total. The van der Waals surface area contributed by atoms with Gasteiger partial charge in [-0.2, -0.15) is 0 Å². The first-order valence-corrected chi connectivity index (χ1v) is 22.8. The van der Waals surface area contributed by atoms with Crippen LogP contribution in [0, 0.1) is 33.5 Å². The third-order valence-corrected chi connectivity index (χ3v) is 15.4. The zero-order valence-corrected chi connectivity index (χ0v) is 37.1. The fourth-order valence-corrected chi connectivity index (χ4v) is 11.6. The second kappa shape index (κ2) is 17.1. The molecule has 5 amide bonds. The van der Waals surface area contributed by atoms with Crippen LogP contribution in [0.5, 0.6) is 0 Å². The SMILES string of the molecule is CCC[C@H](NC(=O)[C@@H]1C[C@@]2(CN1C(=O)[C@@H](NC(=O)C(NC(=O)[C@@H]1CN(C)CCN1CC(C)C)C1CCCCC1)C(C)(C)C)C(C)(C)C21CCC1)C(=O)C(=O)NC1CC1. The molecule has 6 atom stereocenters. The lowest BCUT2D eigenvalue weighted by Crippen LogP contribution is -2.64. The minimum Gasteiger partial charge on any atom is -0.347 e. The van der Waals surface area contributed by atoms with Crippen LogP contribution in [0.3, 0.4) is 0 Å². The maximum atomic E-state index is 15.2. The Bertz CT molecular complexity index is 1580. The summed E-state index contributed by atoms with van der Waals surface area (Å²) in [6, 6.07) is -4.01. The van der Waals surface area contributed by atoms with E-state index in [1.807, 2.05) is 34.7 Å². The van der Waals surface area contributed by atoms with Gasteiger partial charge in [0.05, 0.1) is 6.04 Å². The lowest BCUT2D eigenvalue weighted by atomic mass is 9.73. The van der Waals surface area contributed by atoms with E-state index in [0.29, 0.717) is 38.3 Å². The first-order valence-electron chi connectivity index (χ1n) is 22.8. The molecule has 6 fully saturated rings. The molecule has 0 aromatic carbocycles. The second-order valence-electron chi connectivity index (χ2n) is 21.1. The van der Waals surface area contributed by atoms with Crippen molar-refractivity contribution in [3.63, 3.8) is 0 Å². The van der Waals surface area contributed by atoms with Gasteiger partial charge < -0.3 is 31.1 Å². The van der Waals surface area contributed by atoms with E-state index in [9.17, 15) is 24.0 Å². The Kier molecular flexibility index (Phi) is 13.1.